The lowest BCUT2D eigenvalue weighted by molar-refractivity contribution is -0.142. The van der Waals surface area contributed by atoms with Gasteiger partial charge in [0.15, 0.2) is 0 Å². The molecule has 0 aliphatic heterocycles. The molecule has 1 aromatic carbocycles. The highest BCUT2D eigenvalue weighted by molar-refractivity contribution is 7.13. The van der Waals surface area contributed by atoms with E-state index < -0.39 is 11.4 Å². The summed E-state index contributed by atoms with van der Waals surface area (Å²) in [4.78, 5) is 12.4. The van der Waals surface area contributed by atoms with Crippen LogP contribution in [0.2, 0.25) is 0 Å². The summed E-state index contributed by atoms with van der Waals surface area (Å²) in [7, 11) is 0. The Morgan fingerprint density at radius 2 is 1.94 bits per heavy atom. The molecule has 0 spiro atoms. The number of aliphatic carboxylic acids is 1. The van der Waals surface area contributed by atoms with Crippen molar-refractivity contribution in [3.05, 3.63) is 46.8 Å². The number of carboxylic acids is 1. The smallest absolute Gasteiger partial charge is 0.313 e. The zero-order chi connectivity index (χ0) is 13.3. The maximum atomic E-state index is 11.2. The van der Waals surface area contributed by atoms with Crippen LogP contribution in [0.15, 0.2) is 35.7 Å². The molecule has 2 rings (SSSR count). The monoisotopic (exact) mass is 260 g/mol. The fraction of sp³-hybridized carbons (Fsp3) is 0.267. The Hall–Kier alpha value is -1.61. The average Bonchev–Trinajstić information content (AvgIpc) is 2.79. The van der Waals surface area contributed by atoms with Gasteiger partial charge in [0.2, 0.25) is 0 Å². The molecule has 0 saturated carbocycles. The first kappa shape index (κ1) is 12.8. The maximum absolute atomic E-state index is 11.2. The Morgan fingerprint density at radius 1 is 1.28 bits per heavy atom. The third kappa shape index (κ3) is 2.18. The van der Waals surface area contributed by atoms with E-state index in [2.05, 4.69) is 19.1 Å². The zero-order valence-electron chi connectivity index (χ0n) is 10.7. The second kappa shape index (κ2) is 4.58. The van der Waals surface area contributed by atoms with E-state index in [0.29, 0.717) is 0 Å². The molecule has 3 heteroatoms. The summed E-state index contributed by atoms with van der Waals surface area (Å²) >= 11 is 1.60. The predicted octanol–water partition coefficient (Wildman–Crippen LogP) is 4.09. The van der Waals surface area contributed by atoms with Crippen LogP contribution in [0.5, 0.6) is 0 Å². The second-order valence-corrected chi connectivity index (χ2v) is 5.86. The minimum Gasteiger partial charge on any atom is -0.481 e. The highest BCUT2D eigenvalue weighted by Crippen LogP contribution is 2.34. The SMILES string of the molecule is Cc1ccccc1-c1cc(C(C)(C)C(=O)O)cs1. The first-order valence-corrected chi connectivity index (χ1v) is 6.69. The van der Waals surface area contributed by atoms with Crippen LogP contribution in [0, 0.1) is 6.92 Å². The number of hydrogen-bond acceptors (Lipinski definition) is 2. The third-order valence-corrected chi connectivity index (χ3v) is 4.23. The van der Waals surface area contributed by atoms with Crippen molar-refractivity contribution in [1.82, 2.24) is 0 Å². The third-order valence-electron chi connectivity index (χ3n) is 3.27. The lowest BCUT2D eigenvalue weighted by Gasteiger charge is -2.17. The Bertz CT molecular complexity index is 582. The quantitative estimate of drug-likeness (QED) is 0.902. The maximum Gasteiger partial charge on any atom is 0.313 e. The topological polar surface area (TPSA) is 37.3 Å². The van der Waals surface area contributed by atoms with E-state index in [0.717, 1.165) is 10.4 Å². The molecule has 0 saturated heterocycles. The number of carboxylic acid groups (broad SMARTS) is 1. The standard InChI is InChI=1S/C15H16O2S/c1-10-6-4-5-7-12(10)13-8-11(9-18-13)15(2,3)14(16)17/h4-9H,1-3H3,(H,16,17). The van der Waals surface area contributed by atoms with Crippen LogP contribution in [-0.2, 0) is 10.2 Å². The summed E-state index contributed by atoms with van der Waals surface area (Å²) in [6.07, 6.45) is 0. The molecule has 0 unspecified atom stereocenters. The normalized spacial score (nSPS) is 11.5. The van der Waals surface area contributed by atoms with Crippen molar-refractivity contribution in [2.24, 2.45) is 0 Å². The average molecular weight is 260 g/mol. The van der Waals surface area contributed by atoms with Gasteiger partial charge in [-0.1, -0.05) is 24.3 Å². The summed E-state index contributed by atoms with van der Waals surface area (Å²) < 4.78 is 0. The van der Waals surface area contributed by atoms with Crippen LogP contribution in [0.3, 0.4) is 0 Å². The fourth-order valence-corrected chi connectivity index (χ4v) is 2.95. The largest absolute Gasteiger partial charge is 0.481 e. The molecule has 0 fully saturated rings. The summed E-state index contributed by atoms with van der Waals surface area (Å²) in [5.74, 6) is -0.795. The Labute approximate surface area is 111 Å². The molecule has 0 amide bonds. The van der Waals surface area contributed by atoms with Gasteiger partial charge in [-0.3, -0.25) is 4.79 Å². The van der Waals surface area contributed by atoms with Crippen molar-refractivity contribution < 1.29 is 9.90 Å². The van der Waals surface area contributed by atoms with Crippen molar-refractivity contribution in [2.75, 3.05) is 0 Å². The van der Waals surface area contributed by atoms with Crippen LogP contribution in [0.1, 0.15) is 25.0 Å². The summed E-state index contributed by atoms with van der Waals surface area (Å²) in [5, 5.41) is 11.2. The first-order chi connectivity index (χ1) is 8.43. The number of benzene rings is 1. The van der Waals surface area contributed by atoms with Gasteiger partial charge < -0.3 is 5.11 Å². The van der Waals surface area contributed by atoms with E-state index in [1.165, 1.54) is 11.1 Å². The number of carbonyl (C=O) groups is 1. The van der Waals surface area contributed by atoms with Gasteiger partial charge in [-0.2, -0.15) is 0 Å². The van der Waals surface area contributed by atoms with E-state index in [4.69, 9.17) is 0 Å². The molecule has 0 aliphatic carbocycles. The first-order valence-electron chi connectivity index (χ1n) is 5.81. The van der Waals surface area contributed by atoms with Gasteiger partial charge in [0.05, 0.1) is 5.41 Å². The number of rotatable bonds is 3. The second-order valence-electron chi connectivity index (χ2n) is 4.94. The summed E-state index contributed by atoms with van der Waals surface area (Å²) in [6, 6.07) is 10.1. The molecule has 0 radical (unpaired) electrons. The lowest BCUT2D eigenvalue weighted by atomic mass is 9.86. The zero-order valence-corrected chi connectivity index (χ0v) is 11.5. The highest BCUT2D eigenvalue weighted by Gasteiger charge is 2.30. The Balaban J connectivity index is 2.44. The minimum absolute atomic E-state index is 0.795. The van der Waals surface area contributed by atoms with Crippen LogP contribution >= 0.6 is 11.3 Å². The number of hydrogen-bond donors (Lipinski definition) is 1. The molecular formula is C15H16O2S. The van der Waals surface area contributed by atoms with Gasteiger partial charge in [-0.05, 0) is 48.9 Å². The van der Waals surface area contributed by atoms with Gasteiger partial charge in [0.1, 0.15) is 0 Å². The van der Waals surface area contributed by atoms with Gasteiger partial charge in [-0.25, -0.2) is 0 Å². The van der Waals surface area contributed by atoms with Crippen LogP contribution < -0.4 is 0 Å². The summed E-state index contributed by atoms with van der Waals surface area (Å²) in [5.41, 5.74) is 2.41. The molecule has 0 aliphatic rings. The predicted molar refractivity (Wildman–Crippen MR) is 75.2 cm³/mol. The molecule has 94 valence electrons. The molecule has 0 atom stereocenters. The van der Waals surface area contributed by atoms with E-state index in [9.17, 15) is 9.90 Å². The molecule has 0 bridgehead atoms. The van der Waals surface area contributed by atoms with E-state index in [1.807, 2.05) is 23.6 Å². The van der Waals surface area contributed by atoms with Crippen LogP contribution in [-0.4, -0.2) is 11.1 Å². The van der Waals surface area contributed by atoms with Gasteiger partial charge in [0.25, 0.3) is 0 Å². The van der Waals surface area contributed by atoms with Crippen molar-refractivity contribution in [3.63, 3.8) is 0 Å². The minimum atomic E-state index is -0.836. The molecule has 1 heterocycles. The van der Waals surface area contributed by atoms with E-state index >= 15 is 0 Å². The van der Waals surface area contributed by atoms with Crippen molar-refractivity contribution in [2.45, 2.75) is 26.2 Å². The van der Waals surface area contributed by atoms with E-state index in [-0.39, 0.29) is 0 Å². The molecular weight excluding hydrogens is 244 g/mol. The number of aryl methyl sites for hydroxylation is 1. The molecule has 1 aromatic heterocycles. The van der Waals surface area contributed by atoms with Gasteiger partial charge in [-0.15, -0.1) is 11.3 Å². The lowest BCUT2D eigenvalue weighted by Crippen LogP contribution is -2.27. The summed E-state index contributed by atoms with van der Waals surface area (Å²) in [6.45, 7) is 5.54. The van der Waals surface area contributed by atoms with E-state index in [1.54, 1.807) is 25.2 Å². The van der Waals surface area contributed by atoms with Crippen molar-refractivity contribution in [3.8, 4) is 10.4 Å². The highest BCUT2D eigenvalue weighted by atomic mass is 32.1. The molecule has 1 N–H and O–H groups in total. The fourth-order valence-electron chi connectivity index (χ4n) is 1.78. The van der Waals surface area contributed by atoms with Crippen molar-refractivity contribution in [1.29, 1.82) is 0 Å². The van der Waals surface area contributed by atoms with Crippen molar-refractivity contribution >= 4 is 17.3 Å². The molecule has 2 nitrogen and oxygen atoms in total. The van der Waals surface area contributed by atoms with Gasteiger partial charge in [0, 0.05) is 4.88 Å². The van der Waals surface area contributed by atoms with Gasteiger partial charge >= 0.3 is 5.97 Å². The molecule has 2 aromatic rings. The van der Waals surface area contributed by atoms with Crippen LogP contribution in [0.25, 0.3) is 10.4 Å². The molecule has 18 heavy (non-hydrogen) atoms. The van der Waals surface area contributed by atoms with Crippen LogP contribution in [0.4, 0.5) is 0 Å². The Morgan fingerprint density at radius 3 is 2.56 bits per heavy atom. The number of thiophene rings is 1. The Kier molecular flexibility index (Phi) is 3.26.